The molecule has 1 aromatic carbocycles. The molecule has 1 saturated carbocycles. The third kappa shape index (κ3) is 5.55. The molecular formula is C14H18N2O4S. The summed E-state index contributed by atoms with van der Waals surface area (Å²) in [6.07, 6.45) is 1.78. The maximum absolute atomic E-state index is 11.8. The fourth-order valence-electron chi connectivity index (χ4n) is 1.78. The highest BCUT2D eigenvalue weighted by atomic mass is 32.2. The zero-order valence-corrected chi connectivity index (χ0v) is 12.6. The number of hydrogen-bond acceptors (Lipinski definition) is 4. The molecule has 0 saturated heterocycles. The zero-order valence-electron chi connectivity index (χ0n) is 11.8. The molecular weight excluding hydrogens is 292 g/mol. The molecule has 6 nitrogen and oxygen atoms in total. The average molecular weight is 310 g/mol. The van der Waals surface area contributed by atoms with Gasteiger partial charge >= 0.3 is 0 Å². The van der Waals surface area contributed by atoms with E-state index in [0.29, 0.717) is 5.69 Å². The first-order chi connectivity index (χ1) is 9.84. The van der Waals surface area contributed by atoms with Gasteiger partial charge in [-0.25, -0.2) is 8.42 Å². The summed E-state index contributed by atoms with van der Waals surface area (Å²) in [5.41, 5.74) is 1.57. The number of amides is 2. The van der Waals surface area contributed by atoms with Crippen molar-refractivity contribution in [3.63, 3.8) is 0 Å². The molecule has 0 spiro atoms. The lowest BCUT2D eigenvalue weighted by atomic mass is 10.2. The van der Waals surface area contributed by atoms with Gasteiger partial charge in [-0.3, -0.25) is 9.59 Å². The summed E-state index contributed by atoms with van der Waals surface area (Å²) in [6.45, 7) is 1.91. The van der Waals surface area contributed by atoms with Crippen LogP contribution in [0.4, 0.5) is 5.69 Å². The first kappa shape index (κ1) is 15.5. The molecule has 2 N–H and O–H groups in total. The molecule has 2 amide bonds. The second kappa shape index (κ2) is 6.26. The molecule has 7 heteroatoms. The summed E-state index contributed by atoms with van der Waals surface area (Å²) in [5, 5.41) is 5.09. The van der Waals surface area contributed by atoms with Crippen molar-refractivity contribution in [1.29, 1.82) is 0 Å². The molecule has 21 heavy (non-hydrogen) atoms. The van der Waals surface area contributed by atoms with E-state index < -0.39 is 33.2 Å². The molecule has 0 heterocycles. The Kier molecular flexibility index (Phi) is 4.62. The summed E-state index contributed by atoms with van der Waals surface area (Å²) >= 11 is 0. The molecule has 0 atom stereocenters. The molecule has 1 fully saturated rings. The van der Waals surface area contributed by atoms with E-state index in [0.717, 1.165) is 18.4 Å². The molecule has 0 bridgehead atoms. The normalized spacial score (nSPS) is 14.5. The number of anilines is 1. The zero-order chi connectivity index (χ0) is 15.5. The minimum Gasteiger partial charge on any atom is -0.352 e. The van der Waals surface area contributed by atoms with Gasteiger partial charge in [0.25, 0.3) is 0 Å². The number of benzene rings is 1. The molecule has 2 rings (SSSR count). The van der Waals surface area contributed by atoms with Crippen LogP contribution < -0.4 is 10.6 Å². The molecule has 0 unspecified atom stereocenters. The van der Waals surface area contributed by atoms with Gasteiger partial charge in [-0.05, 0) is 31.9 Å². The van der Waals surface area contributed by atoms with Crippen LogP contribution >= 0.6 is 0 Å². The third-order valence-electron chi connectivity index (χ3n) is 2.98. The Morgan fingerprint density at radius 1 is 1.10 bits per heavy atom. The average Bonchev–Trinajstić information content (AvgIpc) is 3.14. The Balaban J connectivity index is 1.85. The van der Waals surface area contributed by atoms with Crippen LogP contribution in [0.3, 0.4) is 0 Å². The minimum atomic E-state index is -3.75. The van der Waals surface area contributed by atoms with E-state index in [-0.39, 0.29) is 6.04 Å². The van der Waals surface area contributed by atoms with Gasteiger partial charge in [0, 0.05) is 11.7 Å². The third-order valence-corrected chi connectivity index (χ3v) is 4.38. The van der Waals surface area contributed by atoms with Crippen LogP contribution in [-0.2, 0) is 19.4 Å². The van der Waals surface area contributed by atoms with Crippen molar-refractivity contribution in [3.8, 4) is 0 Å². The second-order valence-electron chi connectivity index (χ2n) is 5.29. The van der Waals surface area contributed by atoms with Gasteiger partial charge < -0.3 is 10.6 Å². The van der Waals surface area contributed by atoms with Crippen molar-refractivity contribution < 1.29 is 18.0 Å². The van der Waals surface area contributed by atoms with Gasteiger partial charge in [0.2, 0.25) is 11.8 Å². The van der Waals surface area contributed by atoms with Crippen molar-refractivity contribution >= 4 is 27.3 Å². The highest BCUT2D eigenvalue weighted by molar-refractivity contribution is 7.92. The van der Waals surface area contributed by atoms with Crippen LogP contribution in [0, 0.1) is 6.92 Å². The maximum atomic E-state index is 11.8. The van der Waals surface area contributed by atoms with Crippen molar-refractivity contribution in [1.82, 2.24) is 5.32 Å². The molecule has 0 aromatic heterocycles. The molecule has 0 radical (unpaired) electrons. The molecule has 0 aliphatic heterocycles. The Hall–Kier alpha value is -1.89. The van der Waals surface area contributed by atoms with E-state index in [1.807, 2.05) is 19.1 Å². The number of sulfone groups is 1. The van der Waals surface area contributed by atoms with E-state index in [1.165, 1.54) is 0 Å². The quantitative estimate of drug-likeness (QED) is 0.806. The Morgan fingerprint density at radius 3 is 2.24 bits per heavy atom. The van der Waals surface area contributed by atoms with Crippen molar-refractivity contribution in [2.45, 2.75) is 25.8 Å². The van der Waals surface area contributed by atoms with E-state index in [2.05, 4.69) is 10.6 Å². The number of carbonyl (C=O) groups is 2. The molecule has 114 valence electrons. The van der Waals surface area contributed by atoms with E-state index in [4.69, 9.17) is 0 Å². The SMILES string of the molecule is Cc1ccc(NC(=O)CS(=O)(=O)CC(=O)NC2CC2)cc1. The number of carbonyl (C=O) groups excluding carboxylic acids is 2. The van der Waals surface area contributed by atoms with Gasteiger partial charge in [0.1, 0.15) is 11.5 Å². The largest absolute Gasteiger partial charge is 0.352 e. The Bertz CT molecular complexity index is 633. The summed E-state index contributed by atoms with van der Waals surface area (Å²) < 4.78 is 23.6. The predicted molar refractivity (Wildman–Crippen MR) is 79.6 cm³/mol. The number of rotatable bonds is 6. The fourth-order valence-corrected chi connectivity index (χ4v) is 2.84. The van der Waals surface area contributed by atoms with Gasteiger partial charge in [-0.2, -0.15) is 0 Å². The topological polar surface area (TPSA) is 92.3 Å². The highest BCUT2D eigenvalue weighted by Gasteiger charge is 2.27. The van der Waals surface area contributed by atoms with Crippen LogP contribution in [-0.4, -0.2) is 37.8 Å². The standard InChI is InChI=1S/C14H18N2O4S/c1-10-2-4-11(5-3-10)15-13(17)8-21(19,20)9-14(18)16-12-6-7-12/h2-5,12H,6-9H2,1H3,(H,15,17)(H,16,18). The molecule has 1 aliphatic rings. The van der Waals surface area contributed by atoms with Gasteiger partial charge in [0.05, 0.1) is 0 Å². The predicted octanol–water partition coefficient (Wildman–Crippen LogP) is 0.627. The number of nitrogens with one attached hydrogen (secondary N) is 2. The lowest BCUT2D eigenvalue weighted by Crippen LogP contribution is -2.35. The molecule has 1 aromatic rings. The van der Waals surface area contributed by atoms with E-state index >= 15 is 0 Å². The van der Waals surface area contributed by atoms with E-state index in [1.54, 1.807) is 12.1 Å². The number of aryl methyl sites for hydroxylation is 1. The Labute approximate surface area is 123 Å². The highest BCUT2D eigenvalue weighted by Crippen LogP contribution is 2.18. The van der Waals surface area contributed by atoms with Crippen molar-refractivity contribution in [2.75, 3.05) is 16.8 Å². The lowest BCUT2D eigenvalue weighted by molar-refractivity contribution is -0.118. The monoisotopic (exact) mass is 310 g/mol. The number of hydrogen-bond donors (Lipinski definition) is 2. The van der Waals surface area contributed by atoms with Crippen LogP contribution in [0.15, 0.2) is 24.3 Å². The van der Waals surface area contributed by atoms with Crippen molar-refractivity contribution in [2.24, 2.45) is 0 Å². The van der Waals surface area contributed by atoms with E-state index in [9.17, 15) is 18.0 Å². The summed E-state index contributed by atoms with van der Waals surface area (Å²) in [5.74, 6) is -2.53. The summed E-state index contributed by atoms with van der Waals surface area (Å²) in [4.78, 5) is 23.2. The van der Waals surface area contributed by atoms with Crippen LogP contribution in [0.5, 0.6) is 0 Å². The van der Waals surface area contributed by atoms with Crippen molar-refractivity contribution in [3.05, 3.63) is 29.8 Å². The van der Waals surface area contributed by atoms with Crippen LogP contribution in [0.2, 0.25) is 0 Å². The Morgan fingerprint density at radius 2 is 1.67 bits per heavy atom. The van der Waals surface area contributed by atoms with Gasteiger partial charge in [0.15, 0.2) is 9.84 Å². The lowest BCUT2D eigenvalue weighted by Gasteiger charge is -2.07. The van der Waals surface area contributed by atoms with Crippen LogP contribution in [0.25, 0.3) is 0 Å². The first-order valence-electron chi connectivity index (χ1n) is 6.70. The van der Waals surface area contributed by atoms with Gasteiger partial charge in [-0.15, -0.1) is 0 Å². The summed E-state index contributed by atoms with van der Waals surface area (Å²) in [6, 6.07) is 7.12. The molecule has 1 aliphatic carbocycles. The second-order valence-corrected chi connectivity index (χ2v) is 7.35. The van der Waals surface area contributed by atoms with Gasteiger partial charge in [-0.1, -0.05) is 17.7 Å². The minimum absolute atomic E-state index is 0.106. The fraction of sp³-hybridized carbons (Fsp3) is 0.429. The summed E-state index contributed by atoms with van der Waals surface area (Å²) in [7, 11) is -3.75. The maximum Gasteiger partial charge on any atom is 0.239 e. The smallest absolute Gasteiger partial charge is 0.239 e. The first-order valence-corrected chi connectivity index (χ1v) is 8.52. The van der Waals surface area contributed by atoms with Crippen LogP contribution in [0.1, 0.15) is 18.4 Å².